The minimum Gasteiger partial charge on any atom is -0.497 e. The molecule has 1 unspecified atom stereocenters. The van der Waals surface area contributed by atoms with Crippen molar-refractivity contribution >= 4 is 0 Å². The molecule has 1 aromatic rings. The third kappa shape index (κ3) is 4.33. The lowest BCUT2D eigenvalue weighted by Crippen LogP contribution is -2.33. The Morgan fingerprint density at radius 1 is 1.35 bits per heavy atom. The van der Waals surface area contributed by atoms with Crippen molar-refractivity contribution in [3.8, 4) is 17.6 Å². The standard InChI is InChI=1S/C13H18N2O2/c1-15(2)11(7-8-14)10-17-13-6-4-5-12(9-13)16-3/h4-6,9,11H,7,10H2,1-3H3. The van der Waals surface area contributed by atoms with E-state index < -0.39 is 0 Å². The first-order valence-electron chi connectivity index (χ1n) is 5.47. The van der Waals surface area contributed by atoms with Gasteiger partial charge in [0.2, 0.25) is 0 Å². The fourth-order valence-electron chi connectivity index (χ4n) is 1.38. The van der Waals surface area contributed by atoms with Crippen LogP contribution in [0.4, 0.5) is 0 Å². The van der Waals surface area contributed by atoms with Crippen LogP contribution in [0, 0.1) is 11.3 Å². The van der Waals surface area contributed by atoms with Gasteiger partial charge in [0.1, 0.15) is 18.1 Å². The summed E-state index contributed by atoms with van der Waals surface area (Å²) in [7, 11) is 5.51. The van der Waals surface area contributed by atoms with Gasteiger partial charge in [0.25, 0.3) is 0 Å². The van der Waals surface area contributed by atoms with Gasteiger partial charge in [-0.05, 0) is 26.2 Å². The van der Waals surface area contributed by atoms with Crippen LogP contribution < -0.4 is 9.47 Å². The van der Waals surface area contributed by atoms with Gasteiger partial charge >= 0.3 is 0 Å². The average molecular weight is 234 g/mol. The third-order valence-corrected chi connectivity index (χ3v) is 2.54. The maximum absolute atomic E-state index is 8.71. The quantitative estimate of drug-likeness (QED) is 0.754. The summed E-state index contributed by atoms with van der Waals surface area (Å²) in [5, 5.41) is 8.71. The Morgan fingerprint density at radius 2 is 2.06 bits per heavy atom. The number of methoxy groups -OCH3 is 1. The Bertz CT molecular complexity index is 385. The lowest BCUT2D eigenvalue weighted by Gasteiger charge is -2.21. The van der Waals surface area contributed by atoms with E-state index in [1.165, 1.54) is 0 Å². The first kappa shape index (κ1) is 13.3. The van der Waals surface area contributed by atoms with E-state index in [4.69, 9.17) is 14.7 Å². The first-order valence-corrected chi connectivity index (χ1v) is 5.47. The van der Waals surface area contributed by atoms with Crippen molar-refractivity contribution in [2.45, 2.75) is 12.5 Å². The van der Waals surface area contributed by atoms with Crippen molar-refractivity contribution in [1.29, 1.82) is 5.26 Å². The SMILES string of the molecule is COc1cccc(OCC(CC#N)N(C)C)c1. The van der Waals surface area contributed by atoms with Gasteiger partial charge in [-0.3, -0.25) is 0 Å². The van der Waals surface area contributed by atoms with Crippen LogP contribution in [0.2, 0.25) is 0 Å². The zero-order valence-electron chi connectivity index (χ0n) is 10.5. The van der Waals surface area contributed by atoms with Gasteiger partial charge in [0.05, 0.1) is 25.6 Å². The van der Waals surface area contributed by atoms with Gasteiger partial charge in [-0.15, -0.1) is 0 Å². The first-order chi connectivity index (χ1) is 8.17. The van der Waals surface area contributed by atoms with Crippen LogP contribution in [0.25, 0.3) is 0 Å². The zero-order valence-corrected chi connectivity index (χ0v) is 10.5. The van der Waals surface area contributed by atoms with Gasteiger partial charge in [0, 0.05) is 6.07 Å². The summed E-state index contributed by atoms with van der Waals surface area (Å²) in [5.41, 5.74) is 0. The zero-order chi connectivity index (χ0) is 12.7. The van der Waals surface area contributed by atoms with E-state index in [2.05, 4.69) is 6.07 Å². The monoisotopic (exact) mass is 234 g/mol. The number of ether oxygens (including phenoxy) is 2. The minimum atomic E-state index is 0.103. The molecule has 4 heteroatoms. The summed E-state index contributed by atoms with van der Waals surface area (Å²) in [6, 6.07) is 9.72. The molecule has 4 nitrogen and oxygen atoms in total. The Morgan fingerprint density at radius 3 is 2.65 bits per heavy atom. The van der Waals surface area contributed by atoms with Crippen molar-refractivity contribution in [1.82, 2.24) is 4.90 Å². The maximum atomic E-state index is 8.71. The second-order valence-electron chi connectivity index (χ2n) is 3.97. The molecule has 0 aliphatic heterocycles. The fourth-order valence-corrected chi connectivity index (χ4v) is 1.38. The third-order valence-electron chi connectivity index (χ3n) is 2.54. The van der Waals surface area contributed by atoms with Gasteiger partial charge in [-0.25, -0.2) is 0 Å². The molecular formula is C13H18N2O2. The summed E-state index contributed by atoms with van der Waals surface area (Å²) in [4.78, 5) is 1.99. The van der Waals surface area contributed by atoms with E-state index in [1.807, 2.05) is 43.3 Å². The Balaban J connectivity index is 2.56. The van der Waals surface area contributed by atoms with Crippen LogP contribution >= 0.6 is 0 Å². The molecule has 0 aromatic heterocycles. The predicted molar refractivity (Wildman–Crippen MR) is 66.2 cm³/mol. The van der Waals surface area contributed by atoms with Crippen LogP contribution in [0.15, 0.2) is 24.3 Å². The molecule has 0 radical (unpaired) electrons. The highest BCUT2D eigenvalue weighted by molar-refractivity contribution is 5.32. The second-order valence-corrected chi connectivity index (χ2v) is 3.97. The molecule has 0 saturated heterocycles. The smallest absolute Gasteiger partial charge is 0.123 e. The molecule has 1 aromatic carbocycles. The highest BCUT2D eigenvalue weighted by Crippen LogP contribution is 2.19. The largest absolute Gasteiger partial charge is 0.497 e. The van der Waals surface area contributed by atoms with Crippen molar-refractivity contribution in [2.75, 3.05) is 27.8 Å². The van der Waals surface area contributed by atoms with Gasteiger partial charge in [-0.1, -0.05) is 6.07 Å². The molecule has 0 spiro atoms. The maximum Gasteiger partial charge on any atom is 0.123 e. The van der Waals surface area contributed by atoms with Gasteiger partial charge < -0.3 is 14.4 Å². The normalized spacial score (nSPS) is 11.9. The van der Waals surface area contributed by atoms with E-state index >= 15 is 0 Å². The van der Waals surface area contributed by atoms with Crippen molar-refractivity contribution in [3.63, 3.8) is 0 Å². The molecule has 0 aliphatic rings. The number of rotatable bonds is 6. The van der Waals surface area contributed by atoms with Crippen molar-refractivity contribution < 1.29 is 9.47 Å². The lowest BCUT2D eigenvalue weighted by atomic mass is 10.2. The summed E-state index contributed by atoms with van der Waals surface area (Å²) < 4.78 is 10.8. The van der Waals surface area contributed by atoms with Crippen LogP contribution in [0.1, 0.15) is 6.42 Å². The van der Waals surface area contributed by atoms with E-state index in [9.17, 15) is 0 Å². The molecule has 92 valence electrons. The summed E-state index contributed by atoms with van der Waals surface area (Å²) >= 11 is 0. The van der Waals surface area contributed by atoms with E-state index in [1.54, 1.807) is 7.11 Å². The summed E-state index contributed by atoms with van der Waals surface area (Å²) in [5.74, 6) is 1.53. The molecule has 0 bridgehead atoms. The summed E-state index contributed by atoms with van der Waals surface area (Å²) in [6.45, 7) is 0.494. The highest BCUT2D eigenvalue weighted by atomic mass is 16.5. The molecular weight excluding hydrogens is 216 g/mol. The minimum absolute atomic E-state index is 0.103. The predicted octanol–water partition coefficient (Wildman–Crippen LogP) is 1.92. The molecule has 0 aliphatic carbocycles. The Labute approximate surface area is 102 Å². The van der Waals surface area contributed by atoms with Crippen LogP contribution in [0.5, 0.6) is 11.5 Å². The highest BCUT2D eigenvalue weighted by Gasteiger charge is 2.11. The van der Waals surface area contributed by atoms with Crippen LogP contribution in [0.3, 0.4) is 0 Å². The van der Waals surface area contributed by atoms with Crippen LogP contribution in [-0.4, -0.2) is 38.8 Å². The van der Waals surface area contributed by atoms with Crippen LogP contribution in [-0.2, 0) is 0 Å². The number of hydrogen-bond donors (Lipinski definition) is 0. The number of nitriles is 1. The van der Waals surface area contributed by atoms with E-state index in [0.717, 1.165) is 11.5 Å². The van der Waals surface area contributed by atoms with E-state index in [-0.39, 0.29) is 6.04 Å². The molecule has 0 heterocycles. The number of hydrogen-bond acceptors (Lipinski definition) is 4. The molecule has 0 amide bonds. The van der Waals surface area contributed by atoms with Crippen molar-refractivity contribution in [2.24, 2.45) is 0 Å². The summed E-state index contributed by atoms with van der Waals surface area (Å²) in [6.07, 6.45) is 0.455. The number of likely N-dealkylation sites (N-methyl/N-ethyl adjacent to an activating group) is 1. The number of benzene rings is 1. The molecule has 0 saturated carbocycles. The lowest BCUT2D eigenvalue weighted by molar-refractivity contribution is 0.187. The van der Waals surface area contributed by atoms with Gasteiger partial charge in [-0.2, -0.15) is 5.26 Å². The van der Waals surface area contributed by atoms with Crippen molar-refractivity contribution in [3.05, 3.63) is 24.3 Å². The second kappa shape index (κ2) is 6.77. The molecule has 1 rings (SSSR count). The average Bonchev–Trinajstić information content (AvgIpc) is 2.34. The van der Waals surface area contributed by atoms with E-state index in [0.29, 0.717) is 13.0 Å². The Kier molecular flexibility index (Phi) is 5.31. The molecule has 1 atom stereocenters. The fraction of sp³-hybridized carbons (Fsp3) is 0.462. The Hall–Kier alpha value is -1.73. The molecule has 0 N–H and O–H groups in total. The molecule has 17 heavy (non-hydrogen) atoms. The number of nitrogens with zero attached hydrogens (tertiary/aromatic N) is 2. The topological polar surface area (TPSA) is 45.5 Å². The van der Waals surface area contributed by atoms with Gasteiger partial charge in [0.15, 0.2) is 0 Å². The molecule has 0 fully saturated rings.